The summed E-state index contributed by atoms with van der Waals surface area (Å²) in [4.78, 5) is 9.12. The zero-order valence-electron chi connectivity index (χ0n) is 13.9. The Kier molecular flexibility index (Phi) is 5.40. The summed E-state index contributed by atoms with van der Waals surface area (Å²) in [5.41, 5.74) is 1.08. The molecule has 1 fully saturated rings. The smallest absolute Gasteiger partial charge is 0.244 e. The van der Waals surface area contributed by atoms with E-state index < -0.39 is 0 Å². The highest BCUT2D eigenvalue weighted by Gasteiger charge is 2.29. The van der Waals surface area contributed by atoms with Crippen LogP contribution in [0.1, 0.15) is 61.1 Å². The lowest BCUT2D eigenvalue weighted by molar-refractivity contribution is 0.0485. The van der Waals surface area contributed by atoms with Crippen molar-refractivity contribution in [2.75, 3.05) is 13.2 Å². The van der Waals surface area contributed by atoms with Gasteiger partial charge in [-0.1, -0.05) is 19.0 Å². The number of hydrogen-bond acceptors (Lipinski definition) is 7. The van der Waals surface area contributed by atoms with E-state index in [2.05, 4.69) is 34.7 Å². The van der Waals surface area contributed by atoms with Crippen molar-refractivity contribution in [1.82, 2.24) is 20.4 Å². The minimum Gasteiger partial charge on any atom is -0.381 e. The highest BCUT2D eigenvalue weighted by Crippen LogP contribution is 2.30. The maximum Gasteiger partial charge on any atom is 0.244 e. The molecular formula is C16H24N4O2S. The SMILES string of the molecule is Cc1noc(C(NCc2csc(C(C)C)n2)C2CCOCC2)n1. The van der Waals surface area contributed by atoms with Crippen molar-refractivity contribution >= 4 is 11.3 Å². The zero-order valence-corrected chi connectivity index (χ0v) is 14.7. The van der Waals surface area contributed by atoms with Crippen LogP contribution in [0.15, 0.2) is 9.90 Å². The second-order valence-corrected chi connectivity index (χ2v) is 7.21. The molecule has 2 aromatic heterocycles. The normalized spacial score (nSPS) is 17.7. The van der Waals surface area contributed by atoms with Crippen LogP contribution in [0.3, 0.4) is 0 Å². The lowest BCUT2D eigenvalue weighted by Gasteiger charge is -2.28. The molecule has 1 saturated heterocycles. The van der Waals surface area contributed by atoms with Crippen molar-refractivity contribution in [3.05, 3.63) is 27.8 Å². The standard InChI is InChI=1S/C16H24N4O2S/c1-10(2)16-19-13(9-23-16)8-17-14(12-4-6-21-7-5-12)15-18-11(3)20-22-15/h9-10,12,14,17H,4-8H2,1-3H3. The first-order valence-electron chi connectivity index (χ1n) is 8.19. The van der Waals surface area contributed by atoms with E-state index in [-0.39, 0.29) is 6.04 Å². The molecular weight excluding hydrogens is 312 g/mol. The maximum atomic E-state index is 5.48. The van der Waals surface area contributed by atoms with Crippen LogP contribution in [0.25, 0.3) is 0 Å². The van der Waals surface area contributed by atoms with Gasteiger partial charge in [-0.05, 0) is 25.7 Å². The molecule has 23 heavy (non-hydrogen) atoms. The predicted molar refractivity (Wildman–Crippen MR) is 88.4 cm³/mol. The van der Waals surface area contributed by atoms with E-state index in [1.165, 1.54) is 5.01 Å². The second kappa shape index (κ2) is 7.51. The van der Waals surface area contributed by atoms with Crippen molar-refractivity contribution in [3.8, 4) is 0 Å². The molecule has 3 heterocycles. The molecule has 0 aromatic carbocycles. The van der Waals surface area contributed by atoms with Gasteiger partial charge in [-0.15, -0.1) is 11.3 Å². The van der Waals surface area contributed by atoms with Gasteiger partial charge in [0.25, 0.3) is 0 Å². The second-order valence-electron chi connectivity index (χ2n) is 6.32. The molecule has 1 N–H and O–H groups in total. The average molecular weight is 336 g/mol. The lowest BCUT2D eigenvalue weighted by Crippen LogP contribution is -2.32. The van der Waals surface area contributed by atoms with Gasteiger partial charge >= 0.3 is 0 Å². The van der Waals surface area contributed by atoms with Gasteiger partial charge in [-0.25, -0.2) is 4.98 Å². The summed E-state index contributed by atoms with van der Waals surface area (Å²) in [7, 11) is 0. The summed E-state index contributed by atoms with van der Waals surface area (Å²) in [6.45, 7) is 8.49. The first-order valence-corrected chi connectivity index (χ1v) is 9.07. The molecule has 0 saturated carbocycles. The third kappa shape index (κ3) is 4.16. The van der Waals surface area contributed by atoms with Crippen molar-refractivity contribution in [1.29, 1.82) is 0 Å². The summed E-state index contributed by atoms with van der Waals surface area (Å²) in [5, 5.41) is 10.8. The summed E-state index contributed by atoms with van der Waals surface area (Å²) in [6, 6.07) is 0.0595. The maximum absolute atomic E-state index is 5.48. The monoisotopic (exact) mass is 336 g/mol. The van der Waals surface area contributed by atoms with Gasteiger partial charge in [0.15, 0.2) is 5.82 Å². The number of thiazole rings is 1. The van der Waals surface area contributed by atoms with Gasteiger partial charge in [0.2, 0.25) is 5.89 Å². The number of nitrogens with zero attached hydrogens (tertiary/aromatic N) is 3. The van der Waals surface area contributed by atoms with Crippen LogP contribution in [0.4, 0.5) is 0 Å². The molecule has 1 aliphatic rings. The van der Waals surface area contributed by atoms with Crippen molar-refractivity contribution in [2.45, 2.75) is 52.1 Å². The van der Waals surface area contributed by atoms with Crippen LogP contribution in [-0.2, 0) is 11.3 Å². The van der Waals surface area contributed by atoms with Crippen LogP contribution < -0.4 is 5.32 Å². The Balaban J connectivity index is 1.70. The molecule has 126 valence electrons. The molecule has 1 atom stereocenters. The Morgan fingerprint density at radius 3 is 2.70 bits per heavy atom. The highest BCUT2D eigenvalue weighted by molar-refractivity contribution is 7.09. The number of hydrogen-bond donors (Lipinski definition) is 1. The molecule has 0 radical (unpaired) electrons. The van der Waals surface area contributed by atoms with E-state index in [1.54, 1.807) is 11.3 Å². The molecule has 0 bridgehead atoms. The van der Waals surface area contributed by atoms with E-state index in [4.69, 9.17) is 14.2 Å². The van der Waals surface area contributed by atoms with Gasteiger partial charge in [-0.3, -0.25) is 5.32 Å². The fourth-order valence-corrected chi connectivity index (χ4v) is 3.66. The molecule has 0 amide bonds. The van der Waals surface area contributed by atoms with Gasteiger partial charge in [0.1, 0.15) is 0 Å². The van der Waals surface area contributed by atoms with Gasteiger partial charge in [-0.2, -0.15) is 4.98 Å². The summed E-state index contributed by atoms with van der Waals surface area (Å²) < 4.78 is 10.9. The Labute approximate surface area is 140 Å². The van der Waals surface area contributed by atoms with Crippen LogP contribution >= 0.6 is 11.3 Å². The van der Waals surface area contributed by atoms with Crippen LogP contribution in [0.2, 0.25) is 0 Å². The van der Waals surface area contributed by atoms with Gasteiger partial charge in [0.05, 0.1) is 16.7 Å². The molecule has 1 unspecified atom stereocenters. The van der Waals surface area contributed by atoms with Crippen molar-refractivity contribution in [2.24, 2.45) is 5.92 Å². The van der Waals surface area contributed by atoms with E-state index in [9.17, 15) is 0 Å². The minimum atomic E-state index is 0.0595. The average Bonchev–Trinajstić information content (AvgIpc) is 3.18. The van der Waals surface area contributed by atoms with E-state index in [1.807, 2.05) is 6.92 Å². The Morgan fingerprint density at radius 2 is 2.09 bits per heavy atom. The number of rotatable bonds is 6. The fraction of sp³-hybridized carbons (Fsp3) is 0.688. The lowest BCUT2D eigenvalue weighted by atomic mass is 9.91. The van der Waals surface area contributed by atoms with Crippen LogP contribution in [0, 0.1) is 12.8 Å². The van der Waals surface area contributed by atoms with E-state index in [0.29, 0.717) is 30.1 Å². The largest absolute Gasteiger partial charge is 0.381 e. The topological polar surface area (TPSA) is 73.1 Å². The minimum absolute atomic E-state index is 0.0595. The van der Waals surface area contributed by atoms with Crippen molar-refractivity contribution in [3.63, 3.8) is 0 Å². The molecule has 7 heteroatoms. The summed E-state index contributed by atoms with van der Waals surface area (Å²) >= 11 is 1.72. The number of nitrogens with one attached hydrogen (secondary N) is 1. The van der Waals surface area contributed by atoms with Gasteiger partial charge in [0, 0.05) is 31.1 Å². The van der Waals surface area contributed by atoms with Gasteiger partial charge < -0.3 is 9.26 Å². The quantitative estimate of drug-likeness (QED) is 0.873. The van der Waals surface area contributed by atoms with E-state index >= 15 is 0 Å². The molecule has 2 aromatic rings. The number of aromatic nitrogens is 3. The van der Waals surface area contributed by atoms with E-state index in [0.717, 1.165) is 31.7 Å². The fourth-order valence-electron chi connectivity index (χ4n) is 2.83. The van der Waals surface area contributed by atoms with Crippen LogP contribution in [0.5, 0.6) is 0 Å². The van der Waals surface area contributed by atoms with Crippen molar-refractivity contribution < 1.29 is 9.26 Å². The Morgan fingerprint density at radius 1 is 1.30 bits per heavy atom. The highest BCUT2D eigenvalue weighted by atomic mass is 32.1. The number of ether oxygens (including phenoxy) is 1. The zero-order chi connectivity index (χ0) is 16.2. The molecule has 0 aliphatic carbocycles. The van der Waals surface area contributed by atoms with Crippen LogP contribution in [-0.4, -0.2) is 28.3 Å². The summed E-state index contributed by atoms with van der Waals surface area (Å²) in [6.07, 6.45) is 2.01. The Bertz CT molecular complexity index is 619. The third-order valence-corrected chi connectivity index (χ3v) is 5.31. The Hall–Kier alpha value is -1.31. The predicted octanol–water partition coefficient (Wildman–Crippen LogP) is 3.22. The molecule has 0 spiro atoms. The molecule has 6 nitrogen and oxygen atoms in total. The number of aryl methyl sites for hydroxylation is 1. The first-order chi connectivity index (χ1) is 11.1. The summed E-state index contributed by atoms with van der Waals surface area (Å²) in [5.74, 6) is 2.27. The first kappa shape index (κ1) is 16.5. The third-order valence-electron chi connectivity index (χ3n) is 4.11. The molecule has 1 aliphatic heterocycles. The molecule has 3 rings (SSSR count).